The summed E-state index contributed by atoms with van der Waals surface area (Å²) in [5.74, 6) is -0.764. The molecule has 2 N–H and O–H groups in total. The maximum Gasteiger partial charge on any atom is 0.307 e. The van der Waals surface area contributed by atoms with Crippen molar-refractivity contribution in [1.29, 1.82) is 0 Å². The third-order valence-electron chi connectivity index (χ3n) is 3.62. The van der Waals surface area contributed by atoms with Gasteiger partial charge in [-0.2, -0.15) is 0 Å². The molecule has 1 fully saturated rings. The van der Waals surface area contributed by atoms with Crippen molar-refractivity contribution >= 4 is 5.97 Å². The normalized spacial score (nSPS) is 15.5. The number of carboxylic acids is 1. The van der Waals surface area contributed by atoms with Gasteiger partial charge in [-0.05, 0) is 24.1 Å². The molecule has 0 aliphatic carbocycles. The second-order valence-corrected chi connectivity index (χ2v) is 5.12. The third-order valence-corrected chi connectivity index (χ3v) is 3.62. The monoisotopic (exact) mass is 262 g/mol. The van der Waals surface area contributed by atoms with E-state index in [0.29, 0.717) is 6.04 Å². The minimum absolute atomic E-state index is 0.110. The van der Waals surface area contributed by atoms with Crippen LogP contribution in [0, 0.1) is 0 Å². The van der Waals surface area contributed by atoms with Crippen LogP contribution in [0.4, 0.5) is 0 Å². The van der Waals surface area contributed by atoms with E-state index in [-0.39, 0.29) is 6.42 Å². The van der Waals surface area contributed by atoms with Crippen LogP contribution in [-0.4, -0.2) is 41.7 Å². The van der Waals surface area contributed by atoms with Gasteiger partial charge < -0.3 is 10.4 Å². The van der Waals surface area contributed by atoms with Gasteiger partial charge in [-0.25, -0.2) is 0 Å². The molecule has 4 nitrogen and oxygen atoms in total. The number of carboxylic acid groups (broad SMARTS) is 1. The van der Waals surface area contributed by atoms with Gasteiger partial charge >= 0.3 is 5.97 Å². The average molecular weight is 262 g/mol. The van der Waals surface area contributed by atoms with Crippen molar-refractivity contribution in [2.45, 2.75) is 32.4 Å². The minimum atomic E-state index is -0.764. The molecular formula is C15H22N2O2. The lowest BCUT2D eigenvalue weighted by atomic mass is 10.0. The number of nitrogens with zero attached hydrogens (tertiary/aromatic N) is 1. The van der Waals surface area contributed by atoms with E-state index in [0.717, 1.165) is 43.7 Å². The first-order valence-electron chi connectivity index (χ1n) is 6.94. The summed E-state index contributed by atoms with van der Waals surface area (Å²) in [6.07, 6.45) is 1.23. The Morgan fingerprint density at radius 1 is 1.37 bits per heavy atom. The molecule has 0 atom stereocenters. The number of hydrogen-bond donors (Lipinski definition) is 2. The molecule has 0 unspecified atom stereocenters. The smallest absolute Gasteiger partial charge is 0.307 e. The molecule has 0 spiro atoms. The number of hydrogen-bond acceptors (Lipinski definition) is 3. The number of benzene rings is 1. The molecular weight excluding hydrogens is 240 g/mol. The highest BCUT2D eigenvalue weighted by Crippen LogP contribution is 2.16. The Hall–Kier alpha value is -1.39. The molecule has 4 heteroatoms. The quantitative estimate of drug-likeness (QED) is 0.782. The van der Waals surface area contributed by atoms with Crippen molar-refractivity contribution in [2.24, 2.45) is 0 Å². The maximum absolute atomic E-state index is 10.9. The van der Waals surface area contributed by atoms with E-state index in [1.807, 2.05) is 24.3 Å². The lowest BCUT2D eigenvalue weighted by molar-refractivity contribution is -0.136. The number of carbonyl (C=O) groups is 1. The minimum Gasteiger partial charge on any atom is -0.481 e. The zero-order chi connectivity index (χ0) is 13.7. The predicted molar refractivity (Wildman–Crippen MR) is 75.1 cm³/mol. The zero-order valence-corrected chi connectivity index (χ0v) is 11.4. The molecule has 1 aromatic carbocycles. The molecule has 0 bridgehead atoms. The summed E-state index contributed by atoms with van der Waals surface area (Å²) in [4.78, 5) is 13.4. The second kappa shape index (κ2) is 6.68. The fourth-order valence-corrected chi connectivity index (χ4v) is 2.48. The summed E-state index contributed by atoms with van der Waals surface area (Å²) < 4.78 is 0. The molecule has 0 aromatic heterocycles. The molecule has 1 heterocycles. The lowest BCUT2D eigenvalue weighted by Gasteiger charge is -2.38. The molecule has 104 valence electrons. The summed E-state index contributed by atoms with van der Waals surface area (Å²) in [6, 6.07) is 8.47. The number of rotatable bonds is 7. The maximum atomic E-state index is 10.9. The van der Waals surface area contributed by atoms with E-state index in [9.17, 15) is 4.79 Å². The Morgan fingerprint density at radius 2 is 2.05 bits per heavy atom. The van der Waals surface area contributed by atoms with Gasteiger partial charge in [-0.3, -0.25) is 9.69 Å². The Balaban J connectivity index is 2.08. The van der Waals surface area contributed by atoms with Crippen molar-refractivity contribution in [3.8, 4) is 0 Å². The van der Waals surface area contributed by atoms with Crippen LogP contribution in [-0.2, 0) is 17.8 Å². The summed E-state index contributed by atoms with van der Waals surface area (Å²) in [5.41, 5.74) is 2.08. The standard InChI is InChI=1S/C15H22N2O2/c1-2-7-17(14-9-16-10-14)11-13-6-4-3-5-12(13)8-15(18)19/h3-6,14,16H,2,7-11H2,1H3,(H,18,19). The Labute approximate surface area is 114 Å². The highest BCUT2D eigenvalue weighted by Gasteiger charge is 2.24. The van der Waals surface area contributed by atoms with Crippen LogP contribution in [0.25, 0.3) is 0 Å². The van der Waals surface area contributed by atoms with Crippen LogP contribution in [0.2, 0.25) is 0 Å². The summed E-state index contributed by atoms with van der Waals surface area (Å²) in [7, 11) is 0. The van der Waals surface area contributed by atoms with Crippen molar-refractivity contribution in [3.63, 3.8) is 0 Å². The van der Waals surface area contributed by atoms with Gasteiger partial charge in [0.15, 0.2) is 0 Å². The third kappa shape index (κ3) is 3.78. The largest absolute Gasteiger partial charge is 0.481 e. The molecule has 0 amide bonds. The van der Waals surface area contributed by atoms with Crippen LogP contribution in [0.1, 0.15) is 24.5 Å². The molecule has 1 aliphatic heterocycles. The molecule has 0 saturated carbocycles. The lowest BCUT2D eigenvalue weighted by Crippen LogP contribution is -2.57. The fourth-order valence-electron chi connectivity index (χ4n) is 2.48. The van der Waals surface area contributed by atoms with E-state index in [4.69, 9.17) is 5.11 Å². The molecule has 1 saturated heterocycles. The van der Waals surface area contributed by atoms with Gasteiger partial charge in [-0.15, -0.1) is 0 Å². The molecule has 1 aromatic rings. The predicted octanol–water partition coefficient (Wildman–Crippen LogP) is 1.50. The SMILES string of the molecule is CCCN(Cc1ccccc1CC(=O)O)C1CNC1. The Kier molecular flexibility index (Phi) is 4.93. The summed E-state index contributed by atoms with van der Waals surface area (Å²) in [5, 5.41) is 12.3. The van der Waals surface area contributed by atoms with Crippen molar-refractivity contribution in [2.75, 3.05) is 19.6 Å². The van der Waals surface area contributed by atoms with E-state index < -0.39 is 5.97 Å². The molecule has 1 aliphatic rings. The first-order valence-corrected chi connectivity index (χ1v) is 6.94. The molecule has 2 rings (SSSR count). The van der Waals surface area contributed by atoms with E-state index >= 15 is 0 Å². The Morgan fingerprint density at radius 3 is 2.58 bits per heavy atom. The van der Waals surface area contributed by atoms with Crippen LogP contribution < -0.4 is 5.32 Å². The summed E-state index contributed by atoms with van der Waals surface area (Å²) in [6.45, 7) is 6.18. The van der Waals surface area contributed by atoms with Crippen molar-refractivity contribution < 1.29 is 9.90 Å². The number of nitrogens with one attached hydrogen (secondary N) is 1. The zero-order valence-electron chi connectivity index (χ0n) is 11.4. The average Bonchev–Trinajstić information content (AvgIpc) is 2.29. The molecule has 0 radical (unpaired) electrons. The Bertz CT molecular complexity index is 430. The van der Waals surface area contributed by atoms with E-state index in [1.165, 1.54) is 0 Å². The van der Waals surface area contributed by atoms with E-state index in [2.05, 4.69) is 17.1 Å². The number of aliphatic carboxylic acids is 1. The fraction of sp³-hybridized carbons (Fsp3) is 0.533. The van der Waals surface area contributed by atoms with Crippen molar-refractivity contribution in [3.05, 3.63) is 35.4 Å². The van der Waals surface area contributed by atoms with Crippen LogP contribution in [0.15, 0.2) is 24.3 Å². The topological polar surface area (TPSA) is 52.6 Å². The van der Waals surface area contributed by atoms with Crippen LogP contribution >= 0.6 is 0 Å². The van der Waals surface area contributed by atoms with Gasteiger partial charge in [0, 0.05) is 25.7 Å². The second-order valence-electron chi connectivity index (χ2n) is 5.12. The van der Waals surface area contributed by atoms with Gasteiger partial charge in [0.1, 0.15) is 0 Å². The molecule has 19 heavy (non-hydrogen) atoms. The van der Waals surface area contributed by atoms with Gasteiger partial charge in [-0.1, -0.05) is 31.2 Å². The van der Waals surface area contributed by atoms with Crippen LogP contribution in [0.5, 0.6) is 0 Å². The first-order chi connectivity index (χ1) is 9.20. The highest BCUT2D eigenvalue weighted by molar-refractivity contribution is 5.70. The van der Waals surface area contributed by atoms with Gasteiger partial charge in [0.25, 0.3) is 0 Å². The van der Waals surface area contributed by atoms with Gasteiger partial charge in [0.05, 0.1) is 6.42 Å². The van der Waals surface area contributed by atoms with Crippen molar-refractivity contribution in [1.82, 2.24) is 10.2 Å². The highest BCUT2D eigenvalue weighted by atomic mass is 16.4. The van der Waals surface area contributed by atoms with E-state index in [1.54, 1.807) is 0 Å². The van der Waals surface area contributed by atoms with Crippen LogP contribution in [0.3, 0.4) is 0 Å². The van der Waals surface area contributed by atoms with Gasteiger partial charge in [0.2, 0.25) is 0 Å². The first kappa shape index (κ1) is 14.0. The summed E-state index contributed by atoms with van der Waals surface area (Å²) >= 11 is 0.